The molecule has 0 aliphatic heterocycles. The van der Waals surface area contributed by atoms with Crippen LogP contribution in [0.5, 0.6) is 0 Å². The number of carboxylic acid groups (broad SMARTS) is 1. The number of amides is 1. The molecule has 0 fully saturated rings. The van der Waals surface area contributed by atoms with Gasteiger partial charge in [-0.2, -0.15) is 0 Å². The Morgan fingerprint density at radius 1 is 1.11 bits per heavy atom. The number of pyridine rings is 3. The smallest absolute Gasteiger partial charge is 0.410 e. The van der Waals surface area contributed by atoms with Gasteiger partial charge in [-0.05, 0) is 76.6 Å². The van der Waals surface area contributed by atoms with E-state index in [9.17, 15) is 14.5 Å². The Hall–Kier alpha value is -2.80. The van der Waals surface area contributed by atoms with Crippen LogP contribution in [0.1, 0.15) is 56.8 Å². The molecule has 200 valence electrons. The lowest BCUT2D eigenvalue weighted by Gasteiger charge is -2.27. The molecular weight excluding hydrogens is 546 g/mol. The highest BCUT2D eigenvalue weighted by atomic mass is 35.5. The third-order valence-corrected chi connectivity index (χ3v) is 8.72. The van der Waals surface area contributed by atoms with Crippen LogP contribution in [-0.4, -0.2) is 40.6 Å². The van der Waals surface area contributed by atoms with Crippen molar-refractivity contribution in [1.82, 2.24) is 19.7 Å². The monoisotopic (exact) mass is 573 g/mol. The fourth-order valence-electron chi connectivity index (χ4n) is 3.63. The van der Waals surface area contributed by atoms with Gasteiger partial charge in [0.2, 0.25) is 0 Å². The quantitative estimate of drug-likeness (QED) is 0.201. The summed E-state index contributed by atoms with van der Waals surface area (Å²) in [4.78, 5) is 25.4. The van der Waals surface area contributed by atoms with Crippen molar-refractivity contribution in [2.45, 2.75) is 51.0 Å². The summed E-state index contributed by atoms with van der Waals surface area (Å²) in [7, 11) is 0. The number of hydrogen-bond acceptors (Lipinski definition) is 8. The number of anilines is 1. The summed E-state index contributed by atoms with van der Waals surface area (Å²) >= 11 is 6.45. The number of fused-ring (bicyclic) bond motifs is 1. The van der Waals surface area contributed by atoms with Crippen LogP contribution < -0.4 is 10.0 Å². The topological polar surface area (TPSA) is 143 Å². The molecular formula is C26H28ClN5O4S2. The van der Waals surface area contributed by atoms with Gasteiger partial charge in [0.15, 0.2) is 0 Å². The van der Waals surface area contributed by atoms with E-state index < -0.39 is 33.8 Å². The zero-order valence-electron chi connectivity index (χ0n) is 21.4. The second kappa shape index (κ2) is 10.8. The van der Waals surface area contributed by atoms with E-state index >= 15 is 0 Å². The van der Waals surface area contributed by atoms with Crippen LogP contribution in [0, 0.1) is 0 Å². The fourth-order valence-corrected chi connectivity index (χ4v) is 5.92. The van der Waals surface area contributed by atoms with Gasteiger partial charge in [-0.25, -0.2) is 9.78 Å². The molecule has 0 aliphatic rings. The van der Waals surface area contributed by atoms with Gasteiger partial charge in [0.25, 0.3) is 0 Å². The summed E-state index contributed by atoms with van der Waals surface area (Å²) in [5, 5.41) is 22.2. The number of aromatic nitrogens is 3. The fraction of sp³-hybridized carbons (Fsp3) is 0.308. The van der Waals surface area contributed by atoms with E-state index in [4.69, 9.17) is 16.7 Å². The van der Waals surface area contributed by atoms with Crippen molar-refractivity contribution in [3.8, 4) is 11.3 Å². The highest BCUT2D eigenvalue weighted by Crippen LogP contribution is 2.40. The van der Waals surface area contributed by atoms with Gasteiger partial charge in [-0.15, -0.1) is 16.1 Å². The molecule has 0 aliphatic carbocycles. The minimum absolute atomic E-state index is 0.0952. The minimum Gasteiger partial charge on any atom is -0.598 e. The average Bonchev–Trinajstić information content (AvgIpc) is 3.26. The lowest BCUT2D eigenvalue weighted by Crippen LogP contribution is -2.41. The molecule has 4 rings (SSSR count). The van der Waals surface area contributed by atoms with E-state index in [1.807, 2.05) is 39.0 Å². The number of hydrogen-bond donors (Lipinski definition) is 4. The van der Waals surface area contributed by atoms with E-state index in [0.29, 0.717) is 16.9 Å². The van der Waals surface area contributed by atoms with E-state index in [0.717, 1.165) is 20.7 Å². The van der Waals surface area contributed by atoms with Gasteiger partial charge < -0.3 is 14.8 Å². The van der Waals surface area contributed by atoms with Gasteiger partial charge >= 0.3 is 6.09 Å². The first-order valence-corrected chi connectivity index (χ1v) is 14.0. The predicted molar refractivity (Wildman–Crippen MR) is 152 cm³/mol. The summed E-state index contributed by atoms with van der Waals surface area (Å²) in [6, 6.07) is 9.64. The zero-order valence-corrected chi connectivity index (χ0v) is 23.8. The molecule has 12 heteroatoms. The van der Waals surface area contributed by atoms with Crippen LogP contribution in [-0.2, 0) is 17.0 Å². The second-order valence-electron chi connectivity index (χ2n) is 10.1. The van der Waals surface area contributed by atoms with Crippen molar-refractivity contribution in [2.24, 2.45) is 0 Å². The number of carbonyl (C=O) groups is 1. The molecule has 4 heterocycles. The molecule has 2 atom stereocenters. The molecule has 1 amide bonds. The molecule has 4 aromatic rings. The van der Waals surface area contributed by atoms with E-state index in [1.54, 1.807) is 38.4 Å². The van der Waals surface area contributed by atoms with Gasteiger partial charge in [-0.3, -0.25) is 15.3 Å². The minimum atomic E-state index is -1.51. The van der Waals surface area contributed by atoms with Crippen molar-refractivity contribution in [3.63, 3.8) is 0 Å². The maximum atomic E-state index is 13.2. The van der Waals surface area contributed by atoms with Crippen LogP contribution >= 0.6 is 22.9 Å². The van der Waals surface area contributed by atoms with Crippen molar-refractivity contribution < 1.29 is 19.6 Å². The van der Waals surface area contributed by atoms with Crippen LogP contribution in [0.3, 0.4) is 0 Å². The molecule has 4 aromatic heterocycles. The second-order valence-corrected chi connectivity index (χ2v) is 13.6. The van der Waals surface area contributed by atoms with Gasteiger partial charge in [-0.1, -0.05) is 11.6 Å². The molecule has 0 spiro atoms. The zero-order chi connectivity index (χ0) is 27.8. The van der Waals surface area contributed by atoms with Crippen molar-refractivity contribution in [3.05, 3.63) is 69.9 Å². The summed E-state index contributed by atoms with van der Waals surface area (Å²) in [6.45, 7) is 8.96. The van der Waals surface area contributed by atoms with Crippen molar-refractivity contribution >= 4 is 56.4 Å². The van der Waals surface area contributed by atoms with E-state index in [1.165, 1.54) is 17.4 Å². The maximum Gasteiger partial charge on any atom is 0.410 e. The Kier molecular flexibility index (Phi) is 7.99. The number of halogens is 1. The van der Waals surface area contributed by atoms with Crippen LogP contribution in [0.2, 0.25) is 5.02 Å². The third-order valence-electron chi connectivity index (χ3n) is 5.62. The Balaban J connectivity index is 1.86. The summed E-state index contributed by atoms with van der Waals surface area (Å²) in [5.41, 5.74) is 2.22. The summed E-state index contributed by atoms with van der Waals surface area (Å²) < 4.78 is 16.6. The molecule has 2 unspecified atom stereocenters. The first-order chi connectivity index (χ1) is 17.7. The molecule has 4 N–H and O–H groups in total. The summed E-state index contributed by atoms with van der Waals surface area (Å²) in [5.74, 6) is 0.0952. The summed E-state index contributed by atoms with van der Waals surface area (Å²) in [6.07, 6.45) is 2.08. The Morgan fingerprint density at radius 2 is 1.82 bits per heavy atom. The Bertz CT molecular complexity index is 1480. The number of nitrogens with zero attached hydrogens (tertiary/aromatic N) is 3. The molecule has 0 aromatic carbocycles. The van der Waals surface area contributed by atoms with Gasteiger partial charge in [0.1, 0.15) is 16.6 Å². The normalized spacial score (nSPS) is 13.9. The molecule has 9 nitrogen and oxygen atoms in total. The molecule has 38 heavy (non-hydrogen) atoms. The number of nitrogens with one attached hydrogen (secondary N) is 2. The highest BCUT2D eigenvalue weighted by molar-refractivity contribution is 7.90. The Labute approximate surface area is 232 Å². The van der Waals surface area contributed by atoms with E-state index in [-0.39, 0.29) is 10.8 Å². The van der Waals surface area contributed by atoms with Crippen LogP contribution in [0.4, 0.5) is 10.6 Å². The predicted octanol–water partition coefficient (Wildman–Crippen LogP) is 5.87. The number of rotatable bonds is 7. The van der Waals surface area contributed by atoms with Crippen LogP contribution in [0.15, 0.2) is 48.8 Å². The first-order valence-electron chi connectivity index (χ1n) is 11.7. The first kappa shape index (κ1) is 28.2. The standard InChI is InChI=1S/C26H28ClN5O4S2/c1-25(2,3)38(36)32-22(21-16(27)6-7-20(30-21)31-24(33)34)19-13-18-23(37-19)15(9-11-29-18)17-12-14(8-10-28-17)26(4,5)35/h6-13,22,32,35H,1-5H3,(H,30,31)(H,33,34). The maximum absolute atomic E-state index is 13.2. The molecule has 0 saturated heterocycles. The number of aliphatic hydroxyl groups is 1. The molecule has 0 radical (unpaired) electrons. The van der Waals surface area contributed by atoms with Crippen molar-refractivity contribution in [1.29, 1.82) is 0 Å². The number of thiophene rings is 1. The largest absolute Gasteiger partial charge is 0.598 e. The van der Waals surface area contributed by atoms with Crippen molar-refractivity contribution in [2.75, 3.05) is 5.32 Å². The molecule has 0 saturated carbocycles. The van der Waals surface area contributed by atoms with E-state index in [2.05, 4.69) is 25.0 Å². The van der Waals surface area contributed by atoms with Gasteiger partial charge in [0, 0.05) is 34.2 Å². The van der Waals surface area contributed by atoms with Gasteiger partial charge in [0.05, 0.1) is 32.2 Å². The van der Waals surface area contributed by atoms with Crippen LogP contribution in [0.25, 0.3) is 21.5 Å². The lowest BCUT2D eigenvalue weighted by molar-refractivity contribution is 0.0785. The average molecular weight is 574 g/mol. The lowest BCUT2D eigenvalue weighted by atomic mass is 9.97. The Morgan fingerprint density at radius 3 is 2.47 bits per heavy atom. The molecule has 0 bridgehead atoms. The third kappa shape index (κ3) is 6.25. The SMILES string of the molecule is CC(C)(O)c1ccnc(-c2ccnc3cc(C(N[S+]([O-])C(C)(C)C)c4nc(NC(=O)O)ccc4Cl)sc23)c1. The highest BCUT2D eigenvalue weighted by Gasteiger charge is 2.33.